The second-order valence-electron chi connectivity index (χ2n) is 4.76. The van der Waals surface area contributed by atoms with E-state index in [0.717, 1.165) is 0 Å². The zero-order chi connectivity index (χ0) is 14.9. The number of aliphatic hydroxyl groups is 3. The minimum atomic E-state index is -1.31. The molecule has 0 saturated carbocycles. The standard InChI is InChI=1S/C13H17NO6/c1-6-9(15)10(16)11(17)12(20-6)14-8-4-2-7(3-5-8)13(18)19/h2-6,9-12,14-17H,1H3,(H,18,19)/t6-,9+,10-,11+,12-/m0/s1. The molecule has 0 aliphatic carbocycles. The third-order valence-electron chi connectivity index (χ3n) is 3.29. The molecule has 0 bridgehead atoms. The van der Waals surface area contributed by atoms with E-state index in [1.807, 2.05) is 0 Å². The van der Waals surface area contributed by atoms with Crippen LogP contribution in [0.25, 0.3) is 0 Å². The molecule has 1 fully saturated rings. The number of carbonyl (C=O) groups is 1. The molecule has 110 valence electrons. The lowest BCUT2D eigenvalue weighted by atomic mass is 9.99. The molecule has 1 aromatic carbocycles. The summed E-state index contributed by atoms with van der Waals surface area (Å²) >= 11 is 0. The lowest BCUT2D eigenvalue weighted by Gasteiger charge is -2.39. The molecule has 1 aromatic rings. The Morgan fingerprint density at radius 1 is 1.10 bits per heavy atom. The summed E-state index contributed by atoms with van der Waals surface area (Å²) in [6.07, 6.45) is -5.28. The van der Waals surface area contributed by atoms with Gasteiger partial charge in [0.05, 0.1) is 11.7 Å². The molecule has 1 heterocycles. The van der Waals surface area contributed by atoms with Gasteiger partial charge in [-0.1, -0.05) is 0 Å². The monoisotopic (exact) mass is 283 g/mol. The molecule has 0 unspecified atom stereocenters. The summed E-state index contributed by atoms with van der Waals surface area (Å²) in [6, 6.07) is 5.88. The lowest BCUT2D eigenvalue weighted by molar-refractivity contribution is -0.209. The quantitative estimate of drug-likeness (QED) is 0.513. The van der Waals surface area contributed by atoms with Gasteiger partial charge in [-0.3, -0.25) is 0 Å². The molecular weight excluding hydrogens is 266 g/mol. The molecule has 5 atom stereocenters. The number of anilines is 1. The molecule has 1 saturated heterocycles. The van der Waals surface area contributed by atoms with Crippen LogP contribution < -0.4 is 5.32 Å². The van der Waals surface area contributed by atoms with Crippen molar-refractivity contribution in [1.82, 2.24) is 0 Å². The first-order valence-electron chi connectivity index (χ1n) is 6.19. The summed E-state index contributed by atoms with van der Waals surface area (Å²) in [5.74, 6) is -1.03. The fourth-order valence-corrected chi connectivity index (χ4v) is 2.04. The highest BCUT2D eigenvalue weighted by Gasteiger charge is 2.41. The van der Waals surface area contributed by atoms with E-state index in [2.05, 4.69) is 5.32 Å². The van der Waals surface area contributed by atoms with Crippen LogP contribution in [0.4, 0.5) is 5.69 Å². The van der Waals surface area contributed by atoms with Crippen molar-refractivity contribution in [1.29, 1.82) is 0 Å². The van der Waals surface area contributed by atoms with Gasteiger partial charge in [-0.05, 0) is 31.2 Å². The van der Waals surface area contributed by atoms with Crippen molar-refractivity contribution in [3.63, 3.8) is 0 Å². The van der Waals surface area contributed by atoms with Crippen molar-refractivity contribution in [3.05, 3.63) is 29.8 Å². The number of hydrogen-bond acceptors (Lipinski definition) is 6. The second kappa shape index (κ2) is 5.76. The van der Waals surface area contributed by atoms with Gasteiger partial charge >= 0.3 is 5.97 Å². The van der Waals surface area contributed by atoms with Crippen molar-refractivity contribution >= 4 is 11.7 Å². The molecule has 7 nitrogen and oxygen atoms in total. The summed E-state index contributed by atoms with van der Waals surface area (Å²) in [6.45, 7) is 1.59. The number of carboxylic acid groups (broad SMARTS) is 1. The molecule has 0 aromatic heterocycles. The fraction of sp³-hybridized carbons (Fsp3) is 0.462. The topological polar surface area (TPSA) is 119 Å². The van der Waals surface area contributed by atoms with Crippen molar-refractivity contribution in [2.24, 2.45) is 0 Å². The smallest absolute Gasteiger partial charge is 0.335 e. The largest absolute Gasteiger partial charge is 0.478 e. The summed E-state index contributed by atoms with van der Waals surface area (Å²) in [7, 11) is 0. The van der Waals surface area contributed by atoms with E-state index in [-0.39, 0.29) is 5.56 Å². The molecule has 1 aliphatic heterocycles. The summed E-state index contributed by atoms with van der Waals surface area (Å²) in [5.41, 5.74) is 0.680. The van der Waals surface area contributed by atoms with Gasteiger partial charge in [0.2, 0.25) is 0 Å². The Morgan fingerprint density at radius 2 is 1.70 bits per heavy atom. The minimum absolute atomic E-state index is 0.143. The van der Waals surface area contributed by atoms with Crippen LogP contribution in [0, 0.1) is 0 Å². The number of ether oxygens (including phenoxy) is 1. The molecule has 20 heavy (non-hydrogen) atoms. The van der Waals surface area contributed by atoms with Crippen LogP contribution in [0.1, 0.15) is 17.3 Å². The maximum Gasteiger partial charge on any atom is 0.335 e. The fourth-order valence-electron chi connectivity index (χ4n) is 2.04. The predicted octanol–water partition coefficient (Wildman–Crippen LogP) is -0.376. The number of rotatable bonds is 3. The van der Waals surface area contributed by atoms with Gasteiger partial charge < -0.3 is 30.5 Å². The second-order valence-corrected chi connectivity index (χ2v) is 4.76. The average molecular weight is 283 g/mol. The van der Waals surface area contributed by atoms with Crippen LogP contribution in [-0.4, -0.2) is 57.0 Å². The Balaban J connectivity index is 2.07. The predicted molar refractivity (Wildman–Crippen MR) is 69.4 cm³/mol. The number of aliphatic hydroxyl groups excluding tert-OH is 3. The maximum atomic E-state index is 10.7. The zero-order valence-corrected chi connectivity index (χ0v) is 10.8. The summed E-state index contributed by atoms with van der Waals surface area (Å²) < 4.78 is 5.38. The molecule has 2 rings (SSSR count). The highest BCUT2D eigenvalue weighted by Crippen LogP contribution is 2.22. The number of benzene rings is 1. The van der Waals surface area contributed by atoms with E-state index in [1.165, 1.54) is 24.3 Å². The Kier molecular flexibility index (Phi) is 4.24. The third-order valence-corrected chi connectivity index (χ3v) is 3.29. The van der Waals surface area contributed by atoms with E-state index in [0.29, 0.717) is 5.69 Å². The highest BCUT2D eigenvalue weighted by atomic mass is 16.5. The summed E-state index contributed by atoms with van der Waals surface area (Å²) in [4.78, 5) is 10.7. The number of hydrogen-bond donors (Lipinski definition) is 5. The van der Waals surface area contributed by atoms with Crippen LogP contribution >= 0.6 is 0 Å². The van der Waals surface area contributed by atoms with Crippen LogP contribution in [0.2, 0.25) is 0 Å². The minimum Gasteiger partial charge on any atom is -0.478 e. The van der Waals surface area contributed by atoms with Gasteiger partial charge in [0.25, 0.3) is 0 Å². The average Bonchev–Trinajstić information content (AvgIpc) is 2.43. The Labute approximate surface area is 115 Å². The van der Waals surface area contributed by atoms with Crippen LogP contribution in [-0.2, 0) is 4.74 Å². The number of nitrogens with one attached hydrogen (secondary N) is 1. The maximum absolute atomic E-state index is 10.7. The van der Waals surface area contributed by atoms with E-state index >= 15 is 0 Å². The number of aromatic carboxylic acids is 1. The van der Waals surface area contributed by atoms with Gasteiger partial charge in [0.1, 0.15) is 18.3 Å². The highest BCUT2D eigenvalue weighted by molar-refractivity contribution is 5.87. The first-order chi connectivity index (χ1) is 9.40. The van der Waals surface area contributed by atoms with Gasteiger partial charge in [-0.15, -0.1) is 0 Å². The van der Waals surface area contributed by atoms with E-state index < -0.39 is 36.6 Å². The van der Waals surface area contributed by atoms with Gasteiger partial charge in [-0.25, -0.2) is 4.79 Å². The van der Waals surface area contributed by atoms with Crippen molar-refractivity contribution in [3.8, 4) is 0 Å². The molecule has 0 radical (unpaired) electrons. The molecular formula is C13H17NO6. The van der Waals surface area contributed by atoms with Crippen LogP contribution in [0.5, 0.6) is 0 Å². The Hall–Kier alpha value is -1.67. The molecule has 5 N–H and O–H groups in total. The third kappa shape index (κ3) is 2.91. The van der Waals surface area contributed by atoms with Gasteiger partial charge in [-0.2, -0.15) is 0 Å². The molecule has 1 aliphatic rings. The van der Waals surface area contributed by atoms with Crippen molar-refractivity contribution in [2.75, 3.05) is 5.32 Å². The van der Waals surface area contributed by atoms with E-state index in [1.54, 1.807) is 6.92 Å². The number of carboxylic acids is 1. The van der Waals surface area contributed by atoms with Crippen molar-refractivity contribution < 1.29 is 30.0 Å². The SMILES string of the molecule is C[C@@H]1O[C@H](Nc2ccc(C(=O)O)cc2)[C@H](O)[C@@H](O)[C@@H]1O. The lowest BCUT2D eigenvalue weighted by Crippen LogP contribution is -2.58. The van der Waals surface area contributed by atoms with Gasteiger partial charge in [0, 0.05) is 5.69 Å². The van der Waals surface area contributed by atoms with Gasteiger partial charge in [0.15, 0.2) is 6.23 Å². The normalized spacial score (nSPS) is 33.7. The van der Waals surface area contributed by atoms with Crippen molar-refractivity contribution in [2.45, 2.75) is 37.6 Å². The summed E-state index contributed by atoms with van der Waals surface area (Å²) in [5, 5.41) is 40.7. The van der Waals surface area contributed by atoms with E-state index in [4.69, 9.17) is 9.84 Å². The van der Waals surface area contributed by atoms with Crippen LogP contribution in [0.3, 0.4) is 0 Å². The molecule has 0 amide bonds. The first-order valence-corrected chi connectivity index (χ1v) is 6.19. The first kappa shape index (κ1) is 14.7. The molecule has 0 spiro atoms. The Bertz CT molecular complexity index is 476. The van der Waals surface area contributed by atoms with Crippen LogP contribution in [0.15, 0.2) is 24.3 Å². The zero-order valence-electron chi connectivity index (χ0n) is 10.8. The molecule has 7 heteroatoms. The Morgan fingerprint density at radius 3 is 2.25 bits per heavy atom. The van der Waals surface area contributed by atoms with E-state index in [9.17, 15) is 20.1 Å².